The van der Waals surface area contributed by atoms with Crippen molar-refractivity contribution in [2.45, 2.75) is 38.5 Å². The summed E-state index contributed by atoms with van der Waals surface area (Å²) in [5, 5.41) is 3.58. The molecule has 3 fully saturated rings. The Labute approximate surface area is 134 Å². The van der Waals surface area contributed by atoms with Gasteiger partial charge in [0, 0.05) is 16.7 Å². The molecule has 0 aromatic heterocycles. The molecule has 0 spiro atoms. The summed E-state index contributed by atoms with van der Waals surface area (Å²) in [4.78, 5) is 12.0. The van der Waals surface area contributed by atoms with Gasteiger partial charge < -0.3 is 10.1 Å². The molecule has 2 bridgehead atoms. The Morgan fingerprint density at radius 3 is 2.48 bits per heavy atom. The highest BCUT2D eigenvalue weighted by Crippen LogP contribution is 2.57. The number of rotatable bonds is 4. The maximum atomic E-state index is 12.0. The van der Waals surface area contributed by atoms with Crippen molar-refractivity contribution in [3.05, 3.63) is 28.7 Å². The van der Waals surface area contributed by atoms with Gasteiger partial charge in [0.25, 0.3) is 0 Å². The fourth-order valence-electron chi connectivity index (χ4n) is 3.94. The molecule has 0 saturated heterocycles. The molecule has 0 atom stereocenters. The number of esters is 1. The van der Waals surface area contributed by atoms with Crippen LogP contribution in [0.5, 0.6) is 0 Å². The van der Waals surface area contributed by atoms with Crippen molar-refractivity contribution >= 4 is 27.6 Å². The smallest absolute Gasteiger partial charge is 0.311 e. The highest BCUT2D eigenvalue weighted by molar-refractivity contribution is 9.10. The third kappa shape index (κ3) is 2.83. The van der Waals surface area contributed by atoms with E-state index < -0.39 is 0 Å². The normalized spacial score (nSPS) is 31.0. The van der Waals surface area contributed by atoms with Crippen molar-refractivity contribution in [3.63, 3.8) is 0 Å². The van der Waals surface area contributed by atoms with E-state index in [1.54, 1.807) is 0 Å². The predicted octanol–water partition coefficient (Wildman–Crippen LogP) is 4.37. The summed E-state index contributed by atoms with van der Waals surface area (Å²) in [6, 6.07) is 8.30. The number of carbonyl (C=O) groups is 1. The standard InChI is InChI=1S/C17H22BrNO2/c1-21-15(20)17-8-5-16(6-9-17,7-10-17)12-19-14-4-2-3-13(18)11-14/h2-4,11,19H,5-10,12H2,1H3. The van der Waals surface area contributed by atoms with Gasteiger partial charge in [0.2, 0.25) is 0 Å². The van der Waals surface area contributed by atoms with Crippen molar-refractivity contribution in [3.8, 4) is 0 Å². The molecule has 1 aromatic rings. The van der Waals surface area contributed by atoms with Crippen molar-refractivity contribution in [2.24, 2.45) is 10.8 Å². The molecular formula is C17H22BrNO2. The third-order valence-electron chi connectivity index (χ3n) is 5.51. The Bertz CT molecular complexity index is 519. The number of carbonyl (C=O) groups excluding carboxylic acids is 1. The Balaban J connectivity index is 1.63. The Morgan fingerprint density at radius 2 is 1.90 bits per heavy atom. The first-order valence-corrected chi connectivity index (χ1v) is 8.45. The average molecular weight is 352 g/mol. The lowest BCUT2D eigenvalue weighted by Gasteiger charge is -2.52. The summed E-state index contributed by atoms with van der Waals surface area (Å²) in [7, 11) is 1.52. The topological polar surface area (TPSA) is 38.3 Å². The summed E-state index contributed by atoms with van der Waals surface area (Å²) in [5.74, 6) is 0.00995. The number of benzene rings is 1. The van der Waals surface area contributed by atoms with Gasteiger partial charge >= 0.3 is 5.97 Å². The van der Waals surface area contributed by atoms with Gasteiger partial charge in [0.05, 0.1) is 12.5 Å². The van der Waals surface area contributed by atoms with Crippen molar-refractivity contribution in [1.29, 1.82) is 0 Å². The van der Waals surface area contributed by atoms with Crippen LogP contribution in [0, 0.1) is 10.8 Å². The second-order valence-corrected chi connectivity index (χ2v) is 7.55. The summed E-state index contributed by atoms with van der Waals surface area (Å²) in [5.41, 5.74) is 1.35. The molecule has 0 amide bonds. The van der Waals surface area contributed by atoms with E-state index in [-0.39, 0.29) is 11.4 Å². The van der Waals surface area contributed by atoms with Crippen LogP contribution in [-0.4, -0.2) is 19.6 Å². The lowest BCUT2D eigenvalue weighted by molar-refractivity contribution is -0.162. The highest BCUT2D eigenvalue weighted by Gasteiger charge is 2.52. The van der Waals surface area contributed by atoms with E-state index in [9.17, 15) is 4.79 Å². The number of nitrogens with one attached hydrogen (secondary N) is 1. The number of methoxy groups -OCH3 is 1. The monoisotopic (exact) mass is 351 g/mol. The average Bonchev–Trinajstić information content (AvgIpc) is 2.54. The van der Waals surface area contributed by atoms with Crippen molar-refractivity contribution in [1.82, 2.24) is 0 Å². The van der Waals surface area contributed by atoms with E-state index in [2.05, 4.69) is 33.4 Å². The van der Waals surface area contributed by atoms with Gasteiger partial charge in [-0.2, -0.15) is 0 Å². The molecular weight excluding hydrogens is 330 g/mol. The maximum Gasteiger partial charge on any atom is 0.311 e. The summed E-state index contributed by atoms with van der Waals surface area (Å²) >= 11 is 3.51. The molecule has 114 valence electrons. The SMILES string of the molecule is COC(=O)C12CCC(CNc3cccc(Br)c3)(CC1)CC2. The number of hydrogen-bond donors (Lipinski definition) is 1. The molecule has 0 radical (unpaired) electrons. The molecule has 3 aliphatic carbocycles. The summed E-state index contributed by atoms with van der Waals surface area (Å²) in [6.45, 7) is 1.00. The molecule has 4 rings (SSSR count). The minimum Gasteiger partial charge on any atom is -0.469 e. The van der Waals surface area contributed by atoms with Gasteiger partial charge in [-0.1, -0.05) is 22.0 Å². The van der Waals surface area contributed by atoms with E-state index in [4.69, 9.17) is 4.74 Å². The van der Waals surface area contributed by atoms with Crippen LogP contribution in [0.3, 0.4) is 0 Å². The number of halogens is 1. The maximum absolute atomic E-state index is 12.0. The first-order chi connectivity index (χ1) is 10.1. The second kappa shape index (κ2) is 5.64. The third-order valence-corrected chi connectivity index (χ3v) is 6.01. The largest absolute Gasteiger partial charge is 0.469 e. The summed E-state index contributed by atoms with van der Waals surface area (Å²) in [6.07, 6.45) is 6.34. The predicted molar refractivity (Wildman–Crippen MR) is 87.2 cm³/mol. The van der Waals surface area contributed by atoms with E-state index >= 15 is 0 Å². The molecule has 3 saturated carbocycles. The molecule has 0 aliphatic heterocycles. The van der Waals surface area contributed by atoms with Crippen LogP contribution in [0.4, 0.5) is 5.69 Å². The van der Waals surface area contributed by atoms with Gasteiger partial charge in [-0.05, 0) is 62.1 Å². The van der Waals surface area contributed by atoms with Crippen molar-refractivity contribution < 1.29 is 9.53 Å². The molecule has 21 heavy (non-hydrogen) atoms. The Hall–Kier alpha value is -1.03. The molecule has 3 aliphatic rings. The van der Waals surface area contributed by atoms with E-state index in [1.807, 2.05) is 12.1 Å². The molecule has 3 nitrogen and oxygen atoms in total. The minimum atomic E-state index is -0.174. The lowest BCUT2D eigenvalue weighted by atomic mass is 9.53. The first-order valence-electron chi connectivity index (χ1n) is 7.66. The van der Waals surface area contributed by atoms with E-state index in [0.717, 1.165) is 55.2 Å². The van der Waals surface area contributed by atoms with Gasteiger partial charge in [-0.3, -0.25) is 4.79 Å². The molecule has 4 heteroatoms. The molecule has 0 heterocycles. The van der Waals surface area contributed by atoms with Crippen LogP contribution in [0.25, 0.3) is 0 Å². The van der Waals surface area contributed by atoms with Gasteiger partial charge in [0.1, 0.15) is 0 Å². The first kappa shape index (κ1) is 14.9. The fourth-order valence-corrected chi connectivity index (χ4v) is 4.34. The summed E-state index contributed by atoms with van der Waals surface area (Å²) < 4.78 is 6.12. The number of anilines is 1. The van der Waals surface area contributed by atoms with E-state index in [0.29, 0.717) is 5.41 Å². The molecule has 1 aromatic carbocycles. The van der Waals surface area contributed by atoms with Crippen LogP contribution in [-0.2, 0) is 9.53 Å². The number of hydrogen-bond acceptors (Lipinski definition) is 3. The van der Waals surface area contributed by atoms with Crippen LogP contribution in [0.1, 0.15) is 38.5 Å². The van der Waals surface area contributed by atoms with Gasteiger partial charge in [-0.25, -0.2) is 0 Å². The molecule has 1 N–H and O–H groups in total. The zero-order chi connectivity index (χ0) is 14.9. The Morgan fingerprint density at radius 1 is 1.24 bits per heavy atom. The van der Waals surface area contributed by atoms with Crippen LogP contribution in [0.2, 0.25) is 0 Å². The van der Waals surface area contributed by atoms with Crippen LogP contribution in [0.15, 0.2) is 28.7 Å². The minimum absolute atomic E-state index is 0.00995. The quantitative estimate of drug-likeness (QED) is 0.818. The van der Waals surface area contributed by atoms with E-state index in [1.165, 1.54) is 7.11 Å². The molecule has 0 unspecified atom stereocenters. The zero-order valence-corrected chi connectivity index (χ0v) is 14.0. The van der Waals surface area contributed by atoms with Crippen LogP contribution < -0.4 is 5.32 Å². The number of ether oxygens (including phenoxy) is 1. The Kier molecular flexibility index (Phi) is 4.00. The van der Waals surface area contributed by atoms with Gasteiger partial charge in [-0.15, -0.1) is 0 Å². The fraction of sp³-hybridized carbons (Fsp3) is 0.588. The van der Waals surface area contributed by atoms with Gasteiger partial charge in [0.15, 0.2) is 0 Å². The second-order valence-electron chi connectivity index (χ2n) is 6.64. The lowest BCUT2D eigenvalue weighted by Crippen LogP contribution is -2.48. The highest BCUT2D eigenvalue weighted by atomic mass is 79.9. The van der Waals surface area contributed by atoms with Crippen molar-refractivity contribution in [2.75, 3.05) is 19.0 Å². The zero-order valence-electron chi connectivity index (χ0n) is 12.5. The van der Waals surface area contributed by atoms with Crippen LogP contribution >= 0.6 is 15.9 Å². The number of fused-ring (bicyclic) bond motifs is 3.